The molecule has 2 rings (SSSR count). The zero-order valence-corrected chi connectivity index (χ0v) is 12.4. The first kappa shape index (κ1) is 16.2. The quantitative estimate of drug-likeness (QED) is 0.845. The lowest BCUT2D eigenvalue weighted by molar-refractivity contribution is 0.0775. The van der Waals surface area contributed by atoms with Gasteiger partial charge in [0.15, 0.2) is 0 Å². The molecule has 0 atom stereocenters. The summed E-state index contributed by atoms with van der Waals surface area (Å²) in [5.41, 5.74) is 0.197. The molecule has 0 saturated carbocycles. The fourth-order valence-corrected chi connectivity index (χ4v) is 2.54. The molecule has 8 heteroatoms. The van der Waals surface area contributed by atoms with Gasteiger partial charge >= 0.3 is 5.76 Å². The summed E-state index contributed by atoms with van der Waals surface area (Å²) in [4.78, 5) is 13.0. The Morgan fingerprint density at radius 2 is 1.86 bits per heavy atom. The summed E-state index contributed by atoms with van der Waals surface area (Å²) in [5, 5.41) is 0. The Kier molecular flexibility index (Phi) is 4.60. The number of halogens is 2. The van der Waals surface area contributed by atoms with Gasteiger partial charge in [-0.05, 0) is 36.4 Å². The van der Waals surface area contributed by atoms with Gasteiger partial charge in [0.25, 0.3) is 5.91 Å². The average Bonchev–Trinajstić information content (AvgIpc) is 2.99. The molecule has 1 heterocycles. The van der Waals surface area contributed by atoms with Crippen LogP contribution in [0.15, 0.2) is 52.0 Å². The minimum absolute atomic E-state index is 0.197. The van der Waals surface area contributed by atoms with Crippen molar-refractivity contribution >= 4 is 15.7 Å². The Hall–Kier alpha value is -2.22. The molecule has 0 aliphatic heterocycles. The molecule has 1 aromatic carbocycles. The normalized spacial score (nSPS) is 11.6. The molecular formula is C14H13F2NO4S. The molecular weight excluding hydrogens is 316 g/mol. The lowest BCUT2D eigenvalue weighted by Crippen LogP contribution is -2.26. The molecule has 118 valence electrons. The molecule has 5 nitrogen and oxygen atoms in total. The Morgan fingerprint density at radius 3 is 2.36 bits per heavy atom. The first-order valence-electron chi connectivity index (χ1n) is 6.22. The maximum absolute atomic E-state index is 12.4. The number of nitrogens with zero attached hydrogens (tertiary/aromatic N) is 1. The van der Waals surface area contributed by atoms with E-state index in [1.807, 2.05) is 0 Å². The van der Waals surface area contributed by atoms with E-state index >= 15 is 0 Å². The van der Waals surface area contributed by atoms with Gasteiger partial charge < -0.3 is 9.32 Å². The van der Waals surface area contributed by atoms with Gasteiger partial charge in [-0.25, -0.2) is 8.42 Å². The third-order valence-corrected chi connectivity index (χ3v) is 4.38. The molecule has 22 heavy (non-hydrogen) atoms. The minimum atomic E-state index is -4.65. The second kappa shape index (κ2) is 6.27. The zero-order chi connectivity index (χ0) is 16.3. The van der Waals surface area contributed by atoms with Crippen molar-refractivity contribution in [2.45, 2.75) is 17.2 Å². The number of benzene rings is 1. The van der Waals surface area contributed by atoms with Crippen LogP contribution in [0.2, 0.25) is 0 Å². The SMILES string of the molecule is CN(Cc1ccco1)C(=O)c1ccc(S(=O)(=O)C(F)F)cc1. The van der Waals surface area contributed by atoms with E-state index in [1.165, 1.54) is 23.3 Å². The monoisotopic (exact) mass is 329 g/mol. The molecule has 0 unspecified atom stereocenters. The number of amides is 1. The lowest BCUT2D eigenvalue weighted by atomic mass is 10.2. The third kappa shape index (κ3) is 3.33. The van der Waals surface area contributed by atoms with E-state index in [9.17, 15) is 22.0 Å². The summed E-state index contributed by atoms with van der Waals surface area (Å²) in [5.74, 6) is -3.28. The van der Waals surface area contributed by atoms with Crippen LogP contribution in [0, 0.1) is 0 Å². The number of rotatable bonds is 5. The van der Waals surface area contributed by atoms with Crippen molar-refractivity contribution in [3.8, 4) is 0 Å². The highest BCUT2D eigenvalue weighted by atomic mass is 32.2. The van der Waals surface area contributed by atoms with E-state index in [0.29, 0.717) is 5.76 Å². The third-order valence-electron chi connectivity index (χ3n) is 2.98. The number of alkyl halides is 2. The van der Waals surface area contributed by atoms with Crippen molar-refractivity contribution < 1.29 is 26.4 Å². The highest BCUT2D eigenvalue weighted by Crippen LogP contribution is 2.19. The zero-order valence-electron chi connectivity index (χ0n) is 11.6. The summed E-state index contributed by atoms with van der Waals surface area (Å²) < 4.78 is 52.6. The van der Waals surface area contributed by atoms with Crippen molar-refractivity contribution in [3.05, 3.63) is 54.0 Å². The molecule has 1 aromatic heterocycles. The lowest BCUT2D eigenvalue weighted by Gasteiger charge is -2.16. The van der Waals surface area contributed by atoms with Gasteiger partial charge in [-0.2, -0.15) is 8.78 Å². The van der Waals surface area contributed by atoms with E-state index in [1.54, 1.807) is 19.2 Å². The van der Waals surface area contributed by atoms with Gasteiger partial charge in [0, 0.05) is 12.6 Å². The average molecular weight is 329 g/mol. The highest BCUT2D eigenvalue weighted by molar-refractivity contribution is 7.91. The Bertz CT molecular complexity index is 740. The van der Waals surface area contributed by atoms with Crippen LogP contribution in [0.3, 0.4) is 0 Å². The van der Waals surface area contributed by atoms with Crippen LogP contribution < -0.4 is 0 Å². The van der Waals surface area contributed by atoms with Crippen LogP contribution >= 0.6 is 0 Å². The fraction of sp³-hybridized carbons (Fsp3) is 0.214. The minimum Gasteiger partial charge on any atom is -0.467 e. The standard InChI is InChI=1S/C14H13F2NO4S/c1-17(9-11-3-2-8-21-11)13(18)10-4-6-12(7-5-10)22(19,20)14(15)16/h2-8,14H,9H2,1H3. The summed E-state index contributed by atoms with van der Waals surface area (Å²) >= 11 is 0. The molecule has 2 aromatic rings. The van der Waals surface area contributed by atoms with Crippen LogP contribution in [0.4, 0.5) is 8.78 Å². The fourth-order valence-electron chi connectivity index (χ4n) is 1.82. The first-order valence-corrected chi connectivity index (χ1v) is 7.77. The summed E-state index contributed by atoms with van der Waals surface area (Å²) in [6.07, 6.45) is 1.48. The summed E-state index contributed by atoms with van der Waals surface area (Å²) in [7, 11) is -3.10. The van der Waals surface area contributed by atoms with Gasteiger partial charge in [-0.3, -0.25) is 4.79 Å². The number of hydrogen-bond acceptors (Lipinski definition) is 4. The van der Waals surface area contributed by atoms with Gasteiger partial charge in [0.2, 0.25) is 9.84 Å². The largest absolute Gasteiger partial charge is 0.467 e. The molecule has 0 N–H and O–H groups in total. The molecule has 0 fully saturated rings. The van der Waals surface area contributed by atoms with Crippen LogP contribution in [0.25, 0.3) is 0 Å². The second-order valence-corrected chi connectivity index (χ2v) is 6.49. The van der Waals surface area contributed by atoms with Gasteiger partial charge in [0.05, 0.1) is 17.7 Å². The number of carbonyl (C=O) groups is 1. The van der Waals surface area contributed by atoms with Gasteiger partial charge in [0.1, 0.15) is 5.76 Å². The molecule has 1 amide bonds. The Balaban J connectivity index is 2.14. The first-order chi connectivity index (χ1) is 10.3. The van der Waals surface area contributed by atoms with Crippen molar-refractivity contribution in [1.29, 1.82) is 0 Å². The van der Waals surface area contributed by atoms with E-state index < -0.39 is 20.5 Å². The van der Waals surface area contributed by atoms with Gasteiger partial charge in [-0.15, -0.1) is 0 Å². The molecule has 0 aliphatic rings. The molecule has 0 bridgehead atoms. The Labute approximate surface area is 126 Å². The van der Waals surface area contributed by atoms with E-state index in [4.69, 9.17) is 4.42 Å². The number of sulfone groups is 1. The van der Waals surface area contributed by atoms with Crippen molar-refractivity contribution in [1.82, 2.24) is 4.90 Å². The summed E-state index contributed by atoms with van der Waals surface area (Å²) in [6.45, 7) is 0.239. The van der Waals surface area contributed by atoms with Gasteiger partial charge in [-0.1, -0.05) is 0 Å². The molecule has 0 radical (unpaired) electrons. The van der Waals surface area contributed by atoms with E-state index in [0.717, 1.165) is 12.1 Å². The topological polar surface area (TPSA) is 67.6 Å². The highest BCUT2D eigenvalue weighted by Gasteiger charge is 2.26. The van der Waals surface area contributed by atoms with Crippen LogP contribution in [-0.2, 0) is 16.4 Å². The smallest absolute Gasteiger partial charge is 0.341 e. The maximum Gasteiger partial charge on any atom is 0.341 e. The Morgan fingerprint density at radius 1 is 1.23 bits per heavy atom. The van der Waals surface area contributed by atoms with E-state index in [-0.39, 0.29) is 18.0 Å². The van der Waals surface area contributed by atoms with Crippen LogP contribution in [-0.4, -0.2) is 32.0 Å². The maximum atomic E-state index is 12.4. The van der Waals surface area contributed by atoms with Crippen LogP contribution in [0.5, 0.6) is 0 Å². The van der Waals surface area contributed by atoms with E-state index in [2.05, 4.69) is 0 Å². The van der Waals surface area contributed by atoms with Crippen molar-refractivity contribution in [2.75, 3.05) is 7.05 Å². The van der Waals surface area contributed by atoms with Crippen LogP contribution in [0.1, 0.15) is 16.1 Å². The molecule has 0 aliphatic carbocycles. The van der Waals surface area contributed by atoms with Crippen molar-refractivity contribution in [2.24, 2.45) is 0 Å². The summed E-state index contributed by atoms with van der Waals surface area (Å²) in [6, 6.07) is 7.80. The predicted molar refractivity (Wildman–Crippen MR) is 74.1 cm³/mol. The molecule has 0 saturated heterocycles. The number of hydrogen-bond donors (Lipinski definition) is 0. The number of carbonyl (C=O) groups excluding carboxylic acids is 1. The number of furan rings is 1. The molecule has 0 spiro atoms. The second-order valence-electron chi connectivity index (χ2n) is 4.57. The predicted octanol–water partition coefficient (Wildman–Crippen LogP) is 2.55. The van der Waals surface area contributed by atoms with Crippen molar-refractivity contribution in [3.63, 3.8) is 0 Å².